The lowest BCUT2D eigenvalue weighted by Crippen LogP contribution is -2.37. The number of aryl methyl sites for hydroxylation is 1. The predicted octanol–water partition coefficient (Wildman–Crippen LogP) is 0.865. The Morgan fingerprint density at radius 1 is 1.28 bits per heavy atom. The fraction of sp³-hybridized carbons (Fsp3) is 0.200. The van der Waals surface area contributed by atoms with Crippen molar-refractivity contribution in [3.05, 3.63) is 56.2 Å². The van der Waals surface area contributed by atoms with Crippen LogP contribution >= 0.6 is 11.6 Å². The Bertz CT molecular complexity index is 1110. The summed E-state index contributed by atoms with van der Waals surface area (Å²) in [6.07, 6.45) is 1.28. The van der Waals surface area contributed by atoms with Crippen LogP contribution in [0.3, 0.4) is 0 Å². The molecule has 3 aromatic rings. The molecule has 0 unspecified atom stereocenters. The Hall–Kier alpha value is -2.94. The third-order valence-corrected chi connectivity index (χ3v) is 3.97. The molecule has 130 valence electrons. The number of hydrogen-bond donors (Lipinski definition) is 1. The lowest BCUT2D eigenvalue weighted by Gasteiger charge is -2.08. The first kappa shape index (κ1) is 16.9. The van der Waals surface area contributed by atoms with Gasteiger partial charge in [-0.1, -0.05) is 11.6 Å². The molecule has 0 saturated heterocycles. The number of nitrogens with zero attached hydrogens (tertiary/aromatic N) is 4. The minimum Gasteiger partial charge on any atom is -0.322 e. The van der Waals surface area contributed by atoms with E-state index < -0.39 is 23.0 Å². The first-order chi connectivity index (χ1) is 11.8. The molecule has 0 radical (unpaired) electrons. The summed E-state index contributed by atoms with van der Waals surface area (Å²) in [6.45, 7) is -0.272. The Kier molecular flexibility index (Phi) is 4.17. The van der Waals surface area contributed by atoms with Crippen molar-refractivity contribution in [3.63, 3.8) is 0 Å². The van der Waals surface area contributed by atoms with E-state index in [1.165, 1.54) is 41.7 Å². The number of carbonyl (C=O) groups excluding carboxylic acids is 1. The van der Waals surface area contributed by atoms with E-state index >= 15 is 0 Å². The minimum absolute atomic E-state index is 0.0286. The number of amides is 1. The molecule has 0 atom stereocenters. The Morgan fingerprint density at radius 3 is 2.68 bits per heavy atom. The van der Waals surface area contributed by atoms with Gasteiger partial charge in [-0.25, -0.2) is 14.2 Å². The van der Waals surface area contributed by atoms with Gasteiger partial charge in [0.05, 0.1) is 12.0 Å². The van der Waals surface area contributed by atoms with Gasteiger partial charge in [0, 0.05) is 19.1 Å². The van der Waals surface area contributed by atoms with Gasteiger partial charge in [0.25, 0.3) is 5.56 Å². The van der Waals surface area contributed by atoms with Gasteiger partial charge < -0.3 is 9.88 Å². The molecule has 1 amide bonds. The third kappa shape index (κ3) is 2.93. The normalized spacial score (nSPS) is 11.0. The Labute approximate surface area is 145 Å². The van der Waals surface area contributed by atoms with E-state index in [0.717, 1.165) is 10.6 Å². The fourth-order valence-electron chi connectivity index (χ4n) is 2.45. The van der Waals surface area contributed by atoms with E-state index in [4.69, 9.17) is 11.6 Å². The van der Waals surface area contributed by atoms with Crippen molar-refractivity contribution in [1.82, 2.24) is 18.7 Å². The van der Waals surface area contributed by atoms with Crippen molar-refractivity contribution in [1.29, 1.82) is 0 Å². The molecule has 0 aliphatic heterocycles. The first-order valence-electron chi connectivity index (χ1n) is 7.15. The van der Waals surface area contributed by atoms with Crippen LogP contribution in [0.1, 0.15) is 0 Å². The molecule has 2 aromatic heterocycles. The minimum atomic E-state index is -0.672. The standard InChI is InChI=1S/C15H13ClFN5O3/c1-20-13-12(14(24)21(2)15(20)25)22(7-18-13)6-11(23)19-10-4-3-8(16)5-9(10)17/h3-5,7H,6H2,1-2H3,(H,19,23). The van der Waals surface area contributed by atoms with E-state index in [1.807, 2.05) is 0 Å². The van der Waals surface area contributed by atoms with Gasteiger partial charge in [0.15, 0.2) is 11.2 Å². The van der Waals surface area contributed by atoms with Crippen LogP contribution in [0, 0.1) is 5.82 Å². The molecule has 0 bridgehead atoms. The number of rotatable bonds is 3. The zero-order valence-electron chi connectivity index (χ0n) is 13.3. The number of carbonyl (C=O) groups is 1. The molecule has 25 heavy (non-hydrogen) atoms. The van der Waals surface area contributed by atoms with Gasteiger partial charge in [0.1, 0.15) is 12.4 Å². The van der Waals surface area contributed by atoms with Crippen LogP contribution in [0.25, 0.3) is 11.2 Å². The summed E-state index contributed by atoms with van der Waals surface area (Å²) in [6, 6.07) is 3.86. The van der Waals surface area contributed by atoms with Gasteiger partial charge >= 0.3 is 5.69 Å². The Morgan fingerprint density at radius 2 is 2.00 bits per heavy atom. The number of imidazole rings is 1. The highest BCUT2D eigenvalue weighted by Crippen LogP contribution is 2.19. The number of benzene rings is 1. The van der Waals surface area contributed by atoms with Gasteiger partial charge in [-0.15, -0.1) is 0 Å². The van der Waals surface area contributed by atoms with E-state index in [-0.39, 0.29) is 28.4 Å². The van der Waals surface area contributed by atoms with Crippen molar-refractivity contribution in [2.24, 2.45) is 14.1 Å². The number of aromatic nitrogens is 4. The van der Waals surface area contributed by atoms with Crippen molar-refractivity contribution in [3.8, 4) is 0 Å². The summed E-state index contributed by atoms with van der Waals surface area (Å²) in [5.74, 6) is -1.23. The second-order valence-corrected chi connectivity index (χ2v) is 5.86. The molecule has 3 rings (SSSR count). The van der Waals surface area contributed by atoms with Gasteiger partial charge in [-0.05, 0) is 18.2 Å². The van der Waals surface area contributed by atoms with E-state index in [2.05, 4.69) is 10.3 Å². The average molecular weight is 366 g/mol. The van der Waals surface area contributed by atoms with Crippen LogP contribution in [0.15, 0.2) is 34.1 Å². The number of fused-ring (bicyclic) bond motifs is 1. The average Bonchev–Trinajstić information content (AvgIpc) is 2.97. The van der Waals surface area contributed by atoms with Gasteiger partial charge in [-0.2, -0.15) is 0 Å². The molecule has 0 spiro atoms. The highest BCUT2D eigenvalue weighted by Gasteiger charge is 2.16. The molecule has 0 aliphatic carbocycles. The number of nitrogens with one attached hydrogen (secondary N) is 1. The first-order valence-corrected chi connectivity index (χ1v) is 7.53. The summed E-state index contributed by atoms with van der Waals surface area (Å²) in [7, 11) is 2.81. The van der Waals surface area contributed by atoms with Gasteiger partial charge in [-0.3, -0.25) is 18.7 Å². The zero-order chi connectivity index (χ0) is 18.3. The highest BCUT2D eigenvalue weighted by molar-refractivity contribution is 6.30. The molecule has 1 aromatic carbocycles. The second-order valence-electron chi connectivity index (χ2n) is 5.42. The van der Waals surface area contributed by atoms with Crippen LogP contribution in [-0.4, -0.2) is 24.6 Å². The number of anilines is 1. The molecule has 10 heteroatoms. The largest absolute Gasteiger partial charge is 0.332 e. The molecule has 0 fully saturated rings. The molecule has 8 nitrogen and oxygen atoms in total. The van der Waals surface area contributed by atoms with Crippen LogP contribution < -0.4 is 16.6 Å². The monoisotopic (exact) mass is 365 g/mol. The SMILES string of the molecule is Cn1c(=O)c2c(ncn2CC(=O)Nc2ccc(Cl)cc2F)n(C)c1=O. The van der Waals surface area contributed by atoms with Crippen molar-refractivity contribution in [2.45, 2.75) is 6.54 Å². The van der Waals surface area contributed by atoms with E-state index in [9.17, 15) is 18.8 Å². The third-order valence-electron chi connectivity index (χ3n) is 3.74. The van der Waals surface area contributed by atoms with Crippen LogP contribution in [0.4, 0.5) is 10.1 Å². The summed E-state index contributed by atoms with van der Waals surface area (Å²) >= 11 is 5.66. The molecule has 1 N–H and O–H groups in total. The van der Waals surface area contributed by atoms with Crippen LogP contribution in [-0.2, 0) is 25.4 Å². The summed E-state index contributed by atoms with van der Waals surface area (Å²) in [4.78, 5) is 40.4. The maximum Gasteiger partial charge on any atom is 0.332 e. The molecular formula is C15H13ClFN5O3. The number of hydrogen-bond acceptors (Lipinski definition) is 4. The predicted molar refractivity (Wildman–Crippen MR) is 90.3 cm³/mol. The maximum absolute atomic E-state index is 13.7. The van der Waals surface area contributed by atoms with Crippen LogP contribution in [0.5, 0.6) is 0 Å². The summed E-state index contributed by atoms with van der Waals surface area (Å²) < 4.78 is 17.2. The molecule has 0 aliphatic rings. The number of halogens is 2. The van der Waals surface area contributed by atoms with Gasteiger partial charge in [0.2, 0.25) is 5.91 Å². The van der Waals surface area contributed by atoms with Crippen molar-refractivity contribution < 1.29 is 9.18 Å². The summed E-state index contributed by atoms with van der Waals surface area (Å²) in [5.41, 5.74) is -0.842. The van der Waals surface area contributed by atoms with E-state index in [1.54, 1.807) is 0 Å². The van der Waals surface area contributed by atoms with Crippen molar-refractivity contribution >= 4 is 34.4 Å². The Balaban J connectivity index is 1.94. The van der Waals surface area contributed by atoms with Crippen LogP contribution in [0.2, 0.25) is 5.02 Å². The lowest BCUT2D eigenvalue weighted by atomic mass is 10.3. The smallest absolute Gasteiger partial charge is 0.322 e. The molecular weight excluding hydrogens is 353 g/mol. The molecule has 2 heterocycles. The van der Waals surface area contributed by atoms with Crippen molar-refractivity contribution in [2.75, 3.05) is 5.32 Å². The molecule has 0 saturated carbocycles. The van der Waals surface area contributed by atoms with E-state index in [0.29, 0.717) is 0 Å². The zero-order valence-corrected chi connectivity index (χ0v) is 14.0. The quantitative estimate of drug-likeness (QED) is 0.745. The lowest BCUT2D eigenvalue weighted by molar-refractivity contribution is -0.116. The fourth-order valence-corrected chi connectivity index (χ4v) is 2.61. The second kappa shape index (κ2) is 6.17. The topological polar surface area (TPSA) is 90.9 Å². The summed E-state index contributed by atoms with van der Waals surface area (Å²) in [5, 5.41) is 2.61. The highest BCUT2D eigenvalue weighted by atomic mass is 35.5. The maximum atomic E-state index is 13.7.